The highest BCUT2D eigenvalue weighted by molar-refractivity contribution is 5.78. The molecule has 0 saturated carbocycles. The number of benzene rings is 1. The molecule has 0 unspecified atom stereocenters. The number of hydrogen-bond acceptors (Lipinski definition) is 5. The van der Waals surface area contributed by atoms with Gasteiger partial charge in [-0.1, -0.05) is 0 Å². The molecule has 1 N–H and O–H groups in total. The molecule has 4 rings (SSSR count). The van der Waals surface area contributed by atoms with Crippen molar-refractivity contribution in [2.75, 3.05) is 31.1 Å². The van der Waals surface area contributed by atoms with Crippen LogP contribution in [-0.2, 0) is 0 Å². The lowest BCUT2D eigenvalue weighted by Gasteiger charge is -2.33. The first kappa shape index (κ1) is 15.3. The van der Waals surface area contributed by atoms with Crippen LogP contribution in [0.25, 0.3) is 0 Å². The molecule has 0 spiro atoms. The van der Waals surface area contributed by atoms with Crippen molar-refractivity contribution in [1.82, 2.24) is 10.3 Å². The number of nitrogens with one attached hydrogen (secondary N) is 1. The first-order chi connectivity index (χ1) is 11.9. The van der Waals surface area contributed by atoms with Crippen LogP contribution < -0.4 is 19.7 Å². The Labute approximate surface area is 142 Å². The minimum Gasteiger partial charge on any atom is -0.494 e. The topological polar surface area (TPSA) is 46.6 Å². The zero-order valence-corrected chi connectivity index (χ0v) is 13.8. The van der Waals surface area contributed by atoms with Crippen molar-refractivity contribution in [2.24, 2.45) is 0 Å². The molecule has 2 bridgehead atoms. The third-order valence-corrected chi connectivity index (χ3v) is 4.50. The van der Waals surface area contributed by atoms with E-state index in [1.54, 1.807) is 6.20 Å². The maximum absolute atomic E-state index is 6.03. The van der Waals surface area contributed by atoms with E-state index in [1.165, 1.54) is 6.42 Å². The molecular weight excluding hydrogens is 302 g/mol. The Morgan fingerprint density at radius 3 is 2.83 bits per heavy atom. The minimum absolute atomic E-state index is 0.752. The van der Waals surface area contributed by atoms with Gasteiger partial charge >= 0.3 is 0 Å². The van der Waals surface area contributed by atoms with Crippen LogP contribution in [0.1, 0.15) is 25.7 Å². The summed E-state index contributed by atoms with van der Waals surface area (Å²) < 4.78 is 12.0. The maximum atomic E-state index is 6.03. The SMILES string of the molecule is c1cc2c(cn1)Oc1ccc3cc1N2CCCCNCCCCO3. The number of hydrogen-bond donors (Lipinski definition) is 1. The molecule has 0 aliphatic carbocycles. The van der Waals surface area contributed by atoms with E-state index in [-0.39, 0.29) is 0 Å². The molecule has 2 aliphatic rings. The van der Waals surface area contributed by atoms with Crippen LogP contribution in [0, 0.1) is 0 Å². The number of ether oxygens (including phenoxy) is 2. The summed E-state index contributed by atoms with van der Waals surface area (Å²) in [4.78, 5) is 6.52. The highest BCUT2D eigenvalue weighted by Gasteiger charge is 2.24. The summed E-state index contributed by atoms with van der Waals surface area (Å²) in [5.41, 5.74) is 2.16. The molecule has 0 radical (unpaired) electrons. The fourth-order valence-corrected chi connectivity index (χ4v) is 3.23. The number of aromatic nitrogens is 1. The van der Waals surface area contributed by atoms with E-state index >= 15 is 0 Å². The summed E-state index contributed by atoms with van der Waals surface area (Å²) >= 11 is 0. The third kappa shape index (κ3) is 3.17. The van der Waals surface area contributed by atoms with Crippen LogP contribution in [0.5, 0.6) is 17.2 Å². The van der Waals surface area contributed by atoms with Gasteiger partial charge in [0.15, 0.2) is 11.5 Å². The summed E-state index contributed by atoms with van der Waals surface area (Å²) in [6.07, 6.45) is 8.12. The largest absolute Gasteiger partial charge is 0.494 e. The van der Waals surface area contributed by atoms with Gasteiger partial charge in [-0.25, -0.2) is 0 Å². The first-order valence-corrected chi connectivity index (χ1v) is 8.79. The summed E-state index contributed by atoms with van der Waals surface area (Å²) in [6, 6.07) is 8.11. The van der Waals surface area contributed by atoms with Crippen LogP contribution in [-0.4, -0.2) is 31.2 Å². The van der Waals surface area contributed by atoms with Gasteiger partial charge in [0.2, 0.25) is 0 Å². The molecule has 1 aromatic carbocycles. The van der Waals surface area contributed by atoms with Crippen molar-refractivity contribution < 1.29 is 9.47 Å². The van der Waals surface area contributed by atoms with E-state index in [0.29, 0.717) is 0 Å². The lowest BCUT2D eigenvalue weighted by Crippen LogP contribution is -2.24. The Kier molecular flexibility index (Phi) is 4.51. The monoisotopic (exact) mass is 325 g/mol. The molecule has 0 atom stereocenters. The van der Waals surface area contributed by atoms with Crippen molar-refractivity contribution in [3.8, 4) is 17.2 Å². The van der Waals surface area contributed by atoms with Gasteiger partial charge in [0.25, 0.3) is 0 Å². The average Bonchev–Trinajstić information content (AvgIpc) is 2.62. The Hall–Kier alpha value is -2.27. The van der Waals surface area contributed by atoms with Crippen molar-refractivity contribution >= 4 is 11.4 Å². The van der Waals surface area contributed by atoms with E-state index in [1.807, 2.05) is 24.4 Å². The van der Waals surface area contributed by atoms with Gasteiger partial charge in [-0.2, -0.15) is 0 Å². The Morgan fingerprint density at radius 2 is 1.88 bits per heavy atom. The summed E-state index contributed by atoms with van der Waals surface area (Å²) in [5, 5.41) is 3.52. The molecule has 0 amide bonds. The summed E-state index contributed by atoms with van der Waals surface area (Å²) in [7, 11) is 0. The van der Waals surface area contributed by atoms with E-state index < -0.39 is 0 Å². The van der Waals surface area contributed by atoms with Crippen molar-refractivity contribution in [3.63, 3.8) is 0 Å². The van der Waals surface area contributed by atoms with Gasteiger partial charge in [0, 0.05) is 18.8 Å². The number of anilines is 2. The first-order valence-electron chi connectivity index (χ1n) is 8.79. The Morgan fingerprint density at radius 1 is 0.958 bits per heavy atom. The van der Waals surface area contributed by atoms with Crippen LogP contribution in [0.3, 0.4) is 0 Å². The lowest BCUT2D eigenvalue weighted by molar-refractivity contribution is 0.305. The van der Waals surface area contributed by atoms with E-state index in [0.717, 1.165) is 74.1 Å². The second kappa shape index (κ2) is 7.09. The average molecular weight is 325 g/mol. The van der Waals surface area contributed by atoms with E-state index in [9.17, 15) is 0 Å². The van der Waals surface area contributed by atoms with Crippen LogP contribution in [0.2, 0.25) is 0 Å². The fourth-order valence-electron chi connectivity index (χ4n) is 3.23. The molecule has 5 heteroatoms. The molecular formula is C19H23N3O2. The zero-order valence-electron chi connectivity index (χ0n) is 13.8. The molecule has 1 aromatic heterocycles. The molecule has 5 nitrogen and oxygen atoms in total. The molecule has 2 aliphatic heterocycles. The highest BCUT2D eigenvalue weighted by atomic mass is 16.5. The van der Waals surface area contributed by atoms with Gasteiger partial charge in [-0.15, -0.1) is 0 Å². The second-order valence-corrected chi connectivity index (χ2v) is 6.24. The quantitative estimate of drug-likeness (QED) is 0.797. The van der Waals surface area contributed by atoms with Gasteiger partial charge in [-0.3, -0.25) is 4.98 Å². The molecule has 126 valence electrons. The molecule has 2 aromatic rings. The highest BCUT2D eigenvalue weighted by Crippen LogP contribution is 2.47. The van der Waals surface area contributed by atoms with E-state index in [4.69, 9.17) is 9.47 Å². The third-order valence-electron chi connectivity index (χ3n) is 4.50. The van der Waals surface area contributed by atoms with Gasteiger partial charge in [0.05, 0.1) is 24.2 Å². The van der Waals surface area contributed by atoms with Gasteiger partial charge < -0.3 is 19.7 Å². The Balaban J connectivity index is 1.67. The number of nitrogens with zero attached hydrogens (tertiary/aromatic N) is 2. The normalized spacial score (nSPS) is 17.9. The van der Waals surface area contributed by atoms with Crippen molar-refractivity contribution in [1.29, 1.82) is 0 Å². The summed E-state index contributed by atoms with van der Waals surface area (Å²) in [5.74, 6) is 2.59. The summed E-state index contributed by atoms with van der Waals surface area (Å²) in [6.45, 7) is 3.85. The van der Waals surface area contributed by atoms with Gasteiger partial charge in [-0.05, 0) is 57.0 Å². The molecule has 24 heavy (non-hydrogen) atoms. The standard InChI is InChI=1S/C19H23N3O2/c1-3-11-22-16-7-10-21-14-19(16)24-18-6-5-15(13-17(18)22)23-12-4-2-9-20-8-1/h5-7,10,13-14,20H,1-4,8-9,11-12H2. The maximum Gasteiger partial charge on any atom is 0.169 e. The van der Waals surface area contributed by atoms with Gasteiger partial charge in [0.1, 0.15) is 5.75 Å². The zero-order chi connectivity index (χ0) is 16.2. The fraction of sp³-hybridized carbons (Fsp3) is 0.421. The number of pyridine rings is 1. The minimum atomic E-state index is 0.752. The Bertz CT molecular complexity index is 705. The smallest absolute Gasteiger partial charge is 0.169 e. The van der Waals surface area contributed by atoms with Crippen LogP contribution in [0.4, 0.5) is 11.4 Å². The molecule has 3 heterocycles. The molecule has 0 saturated heterocycles. The lowest BCUT2D eigenvalue weighted by atomic mass is 10.1. The van der Waals surface area contributed by atoms with Crippen LogP contribution >= 0.6 is 0 Å². The molecule has 0 fully saturated rings. The van der Waals surface area contributed by atoms with Crippen LogP contribution in [0.15, 0.2) is 36.7 Å². The predicted molar refractivity (Wildman–Crippen MR) is 94.6 cm³/mol. The second-order valence-electron chi connectivity index (χ2n) is 6.24. The number of rotatable bonds is 0. The van der Waals surface area contributed by atoms with Crippen molar-refractivity contribution in [3.05, 3.63) is 36.7 Å². The number of fused-ring (bicyclic) bond motifs is 3. The van der Waals surface area contributed by atoms with E-state index in [2.05, 4.69) is 21.3 Å². The van der Waals surface area contributed by atoms with Crippen molar-refractivity contribution in [2.45, 2.75) is 25.7 Å². The predicted octanol–water partition coefficient (Wildman–Crippen LogP) is 3.87.